The number of fused-ring (bicyclic) bond motifs is 1. The molecule has 0 aromatic carbocycles. The van der Waals surface area contributed by atoms with Crippen LogP contribution in [0.15, 0.2) is 24.7 Å². The zero-order chi connectivity index (χ0) is 24.0. The zero-order valence-corrected chi connectivity index (χ0v) is 21.3. The molecule has 178 valence electrons. The minimum atomic E-state index is -1.80. The second-order valence-electron chi connectivity index (χ2n) is 10.5. The first-order chi connectivity index (χ1) is 15.5. The number of carbonyl (C=O) groups is 1. The lowest BCUT2D eigenvalue weighted by molar-refractivity contribution is 0.116. The highest BCUT2D eigenvalue weighted by Gasteiger charge is 2.40. The van der Waals surface area contributed by atoms with Crippen molar-refractivity contribution in [3.63, 3.8) is 0 Å². The minimum Gasteiger partial charge on any atom is -0.465 e. The van der Waals surface area contributed by atoms with Crippen LogP contribution in [0.5, 0.6) is 0 Å². The maximum absolute atomic E-state index is 11.5. The Morgan fingerprint density at radius 1 is 1.24 bits per heavy atom. The van der Waals surface area contributed by atoms with E-state index in [0.717, 1.165) is 52.7 Å². The Morgan fingerprint density at radius 3 is 2.52 bits per heavy atom. The fourth-order valence-corrected chi connectivity index (χ4v) is 5.60. The topological polar surface area (TPSA) is 109 Å². The van der Waals surface area contributed by atoms with Gasteiger partial charge >= 0.3 is 6.09 Å². The van der Waals surface area contributed by atoms with Gasteiger partial charge in [0.25, 0.3) is 0 Å². The maximum Gasteiger partial charge on any atom is 0.412 e. The normalized spacial score (nSPS) is 19.7. The van der Waals surface area contributed by atoms with Gasteiger partial charge in [0.05, 0.1) is 17.8 Å². The molecule has 0 radical (unpaired) electrons. The average Bonchev–Trinajstić information content (AvgIpc) is 3.40. The van der Waals surface area contributed by atoms with Crippen molar-refractivity contribution >= 4 is 31.1 Å². The predicted octanol–water partition coefficient (Wildman–Crippen LogP) is 5.44. The predicted molar refractivity (Wildman–Crippen MR) is 131 cm³/mol. The number of amides is 1. The SMILES string of the molecule is CN(C(=O)O)c1cc2c(cn1)c(-c1cn[nH]c1)nn2[C@H]1CC[C@H](O[Si](C)(C)C(C)(C)C)CC1. The number of nitrogens with one attached hydrogen (secondary N) is 1. The molecule has 3 aromatic rings. The summed E-state index contributed by atoms with van der Waals surface area (Å²) in [7, 11) is -0.305. The van der Waals surface area contributed by atoms with E-state index in [2.05, 4.69) is 53.7 Å². The number of aromatic nitrogens is 5. The number of hydrogen-bond donors (Lipinski definition) is 2. The summed E-state index contributed by atoms with van der Waals surface area (Å²) in [6, 6.07) is 2.04. The lowest BCUT2D eigenvalue weighted by Crippen LogP contribution is -2.44. The Hall–Kier alpha value is -2.72. The van der Waals surface area contributed by atoms with E-state index < -0.39 is 14.4 Å². The molecule has 1 fully saturated rings. The molecule has 1 amide bonds. The molecule has 0 unspecified atom stereocenters. The van der Waals surface area contributed by atoms with Crippen LogP contribution in [0, 0.1) is 0 Å². The Labute approximate surface area is 195 Å². The van der Waals surface area contributed by atoms with Gasteiger partial charge in [-0.2, -0.15) is 10.2 Å². The number of pyridine rings is 1. The Bertz CT molecular complexity index is 1130. The number of hydrogen-bond acceptors (Lipinski definition) is 5. The van der Waals surface area contributed by atoms with Crippen LogP contribution in [0.4, 0.5) is 10.6 Å². The molecule has 0 saturated heterocycles. The largest absolute Gasteiger partial charge is 0.465 e. The monoisotopic (exact) mass is 470 g/mol. The van der Waals surface area contributed by atoms with E-state index in [1.54, 1.807) is 12.4 Å². The first-order valence-corrected chi connectivity index (χ1v) is 14.4. The van der Waals surface area contributed by atoms with Gasteiger partial charge < -0.3 is 9.53 Å². The van der Waals surface area contributed by atoms with Crippen molar-refractivity contribution < 1.29 is 14.3 Å². The second-order valence-corrected chi connectivity index (χ2v) is 15.2. The van der Waals surface area contributed by atoms with E-state index in [4.69, 9.17) is 9.52 Å². The van der Waals surface area contributed by atoms with E-state index in [9.17, 15) is 9.90 Å². The molecule has 1 saturated carbocycles. The highest BCUT2D eigenvalue weighted by molar-refractivity contribution is 6.74. The summed E-state index contributed by atoms with van der Waals surface area (Å²) in [5.41, 5.74) is 2.57. The highest BCUT2D eigenvalue weighted by atomic mass is 28.4. The fourth-order valence-electron chi connectivity index (χ4n) is 4.18. The van der Waals surface area contributed by atoms with E-state index in [0.29, 0.717) is 5.82 Å². The third-order valence-electron chi connectivity index (χ3n) is 7.24. The second kappa shape index (κ2) is 8.57. The molecule has 4 rings (SSSR count). The van der Waals surface area contributed by atoms with E-state index in [1.807, 2.05) is 12.3 Å². The molecule has 10 heteroatoms. The average molecular weight is 471 g/mol. The Morgan fingerprint density at radius 2 is 1.94 bits per heavy atom. The molecule has 0 bridgehead atoms. The number of aromatic amines is 1. The molecule has 3 heterocycles. The molecule has 0 aliphatic heterocycles. The Balaban J connectivity index is 1.63. The van der Waals surface area contributed by atoms with Crippen molar-refractivity contribution in [3.8, 4) is 11.3 Å². The van der Waals surface area contributed by atoms with E-state index in [1.165, 1.54) is 7.05 Å². The first kappa shape index (κ1) is 23.4. The molecule has 3 aromatic heterocycles. The standard InChI is InChI=1S/C23H34N6O3Si/c1-23(2,3)33(5,6)32-17-9-7-16(8-10-17)29-19-11-20(28(4)22(30)31)24-14-18(19)21(27-29)15-12-25-26-13-15/h11-14,16-17H,7-10H2,1-6H3,(H,25,26)(H,30,31)/t16-,17-. The van der Waals surface area contributed by atoms with Gasteiger partial charge in [-0.05, 0) is 43.8 Å². The zero-order valence-electron chi connectivity index (χ0n) is 20.3. The molecule has 9 nitrogen and oxygen atoms in total. The van der Waals surface area contributed by atoms with Crippen molar-refractivity contribution in [3.05, 3.63) is 24.7 Å². The number of carboxylic acid groups (broad SMARTS) is 1. The van der Waals surface area contributed by atoms with Crippen LogP contribution in [0.3, 0.4) is 0 Å². The summed E-state index contributed by atoms with van der Waals surface area (Å²) in [6.45, 7) is 11.4. The van der Waals surface area contributed by atoms with Crippen LogP contribution >= 0.6 is 0 Å². The number of nitrogens with zero attached hydrogens (tertiary/aromatic N) is 5. The summed E-state index contributed by atoms with van der Waals surface area (Å²) in [5, 5.41) is 22.4. The molecule has 0 atom stereocenters. The van der Waals surface area contributed by atoms with Crippen LogP contribution in [0.25, 0.3) is 22.2 Å². The molecular weight excluding hydrogens is 436 g/mol. The van der Waals surface area contributed by atoms with Gasteiger partial charge in [-0.15, -0.1) is 0 Å². The van der Waals surface area contributed by atoms with Gasteiger partial charge in [-0.3, -0.25) is 14.7 Å². The number of rotatable bonds is 5. The van der Waals surface area contributed by atoms with Crippen LogP contribution in [-0.4, -0.2) is 57.6 Å². The van der Waals surface area contributed by atoms with Crippen molar-refractivity contribution in [2.45, 2.75) is 76.7 Å². The lowest BCUT2D eigenvalue weighted by Gasteiger charge is -2.41. The van der Waals surface area contributed by atoms with Crippen molar-refractivity contribution in [2.75, 3.05) is 11.9 Å². The summed E-state index contributed by atoms with van der Waals surface area (Å²) in [6.07, 6.45) is 8.42. The molecule has 1 aliphatic rings. The van der Waals surface area contributed by atoms with Crippen molar-refractivity contribution in [1.29, 1.82) is 0 Å². The minimum absolute atomic E-state index is 0.196. The van der Waals surface area contributed by atoms with Crippen LogP contribution in [0.2, 0.25) is 18.1 Å². The fraction of sp³-hybridized carbons (Fsp3) is 0.565. The lowest BCUT2D eigenvalue weighted by atomic mass is 9.93. The number of H-pyrrole nitrogens is 1. The maximum atomic E-state index is 11.5. The first-order valence-electron chi connectivity index (χ1n) is 11.5. The number of anilines is 1. The van der Waals surface area contributed by atoms with Gasteiger partial charge in [0.15, 0.2) is 8.32 Å². The third-order valence-corrected chi connectivity index (χ3v) is 11.8. The van der Waals surface area contributed by atoms with Crippen LogP contribution < -0.4 is 4.90 Å². The van der Waals surface area contributed by atoms with E-state index in [-0.39, 0.29) is 17.2 Å². The molecule has 2 N–H and O–H groups in total. The quantitative estimate of drug-likeness (QED) is 0.481. The Kier molecular flexibility index (Phi) is 6.08. The van der Waals surface area contributed by atoms with E-state index >= 15 is 0 Å². The van der Waals surface area contributed by atoms with Crippen LogP contribution in [0.1, 0.15) is 52.5 Å². The van der Waals surface area contributed by atoms with Gasteiger partial charge in [-0.1, -0.05) is 20.8 Å². The third kappa shape index (κ3) is 4.54. The van der Waals surface area contributed by atoms with Gasteiger partial charge in [0, 0.05) is 42.6 Å². The van der Waals surface area contributed by atoms with Gasteiger partial charge in [0.1, 0.15) is 11.5 Å². The summed E-state index contributed by atoms with van der Waals surface area (Å²) in [5.74, 6) is 0.379. The summed E-state index contributed by atoms with van der Waals surface area (Å²) in [4.78, 5) is 17.0. The van der Waals surface area contributed by atoms with Crippen LogP contribution in [-0.2, 0) is 4.43 Å². The molecule has 33 heavy (non-hydrogen) atoms. The molecule has 1 aliphatic carbocycles. The van der Waals surface area contributed by atoms with Crippen molar-refractivity contribution in [1.82, 2.24) is 25.0 Å². The van der Waals surface area contributed by atoms with Gasteiger partial charge in [0.2, 0.25) is 0 Å². The smallest absolute Gasteiger partial charge is 0.412 e. The van der Waals surface area contributed by atoms with Crippen molar-refractivity contribution in [2.24, 2.45) is 0 Å². The molecule has 0 spiro atoms. The summed E-state index contributed by atoms with van der Waals surface area (Å²) >= 11 is 0. The summed E-state index contributed by atoms with van der Waals surface area (Å²) < 4.78 is 8.73. The molecular formula is C23H34N6O3Si. The van der Waals surface area contributed by atoms with Gasteiger partial charge in [-0.25, -0.2) is 9.78 Å². The highest BCUT2D eigenvalue weighted by Crippen LogP contribution is 2.41.